The maximum atomic E-state index is 12.2. The SMILES string of the molecule is O=C(Nc1c(C(=O)O)cccc1-c1ccccc1)Oc1ccccc1. The average Bonchev–Trinajstić information content (AvgIpc) is 2.63. The van der Waals surface area contributed by atoms with E-state index in [1.54, 1.807) is 42.5 Å². The summed E-state index contributed by atoms with van der Waals surface area (Å²) in [6, 6.07) is 22.6. The number of aromatic carboxylic acids is 1. The lowest BCUT2D eigenvalue weighted by Crippen LogP contribution is -2.19. The zero-order chi connectivity index (χ0) is 17.6. The molecular formula is C20H15NO4. The van der Waals surface area contributed by atoms with E-state index in [1.807, 2.05) is 30.3 Å². The Labute approximate surface area is 144 Å². The van der Waals surface area contributed by atoms with Crippen molar-refractivity contribution in [3.63, 3.8) is 0 Å². The van der Waals surface area contributed by atoms with Crippen LogP contribution in [0.2, 0.25) is 0 Å². The molecule has 0 bridgehead atoms. The van der Waals surface area contributed by atoms with Gasteiger partial charge < -0.3 is 9.84 Å². The van der Waals surface area contributed by atoms with Crippen LogP contribution in [0.4, 0.5) is 10.5 Å². The molecule has 0 aliphatic carbocycles. The summed E-state index contributed by atoms with van der Waals surface area (Å²) in [6.07, 6.45) is -0.753. The molecule has 3 aromatic carbocycles. The number of carbonyl (C=O) groups is 2. The van der Waals surface area contributed by atoms with Crippen LogP contribution in [0.1, 0.15) is 10.4 Å². The van der Waals surface area contributed by atoms with E-state index in [0.29, 0.717) is 11.3 Å². The van der Waals surface area contributed by atoms with Crippen molar-refractivity contribution in [2.75, 3.05) is 5.32 Å². The molecule has 0 fully saturated rings. The molecule has 0 atom stereocenters. The predicted molar refractivity (Wildman–Crippen MR) is 94.9 cm³/mol. The molecule has 0 spiro atoms. The first kappa shape index (κ1) is 16.3. The molecule has 0 unspecified atom stereocenters. The fourth-order valence-electron chi connectivity index (χ4n) is 2.45. The molecule has 0 aliphatic rings. The van der Waals surface area contributed by atoms with Crippen molar-refractivity contribution in [1.82, 2.24) is 0 Å². The Bertz CT molecular complexity index is 892. The van der Waals surface area contributed by atoms with Gasteiger partial charge in [0, 0.05) is 5.56 Å². The molecule has 1 amide bonds. The number of rotatable bonds is 4. The first-order valence-corrected chi connectivity index (χ1v) is 7.61. The quantitative estimate of drug-likeness (QED) is 0.728. The van der Waals surface area contributed by atoms with Gasteiger partial charge in [0.15, 0.2) is 0 Å². The average molecular weight is 333 g/mol. The van der Waals surface area contributed by atoms with Gasteiger partial charge in [-0.15, -0.1) is 0 Å². The van der Waals surface area contributed by atoms with Gasteiger partial charge in [0.05, 0.1) is 11.3 Å². The Morgan fingerprint density at radius 3 is 2.08 bits per heavy atom. The van der Waals surface area contributed by atoms with E-state index in [2.05, 4.69) is 5.32 Å². The van der Waals surface area contributed by atoms with Crippen molar-refractivity contribution in [3.05, 3.63) is 84.4 Å². The molecule has 0 radical (unpaired) electrons. The molecular weight excluding hydrogens is 318 g/mol. The smallest absolute Gasteiger partial charge is 0.417 e. The van der Waals surface area contributed by atoms with Crippen LogP contribution in [0, 0.1) is 0 Å². The van der Waals surface area contributed by atoms with E-state index in [0.717, 1.165) is 5.56 Å². The maximum Gasteiger partial charge on any atom is 0.417 e. The van der Waals surface area contributed by atoms with Crippen LogP contribution >= 0.6 is 0 Å². The lowest BCUT2D eigenvalue weighted by molar-refractivity contribution is 0.0698. The third-order valence-corrected chi connectivity index (χ3v) is 3.56. The highest BCUT2D eigenvalue weighted by Gasteiger charge is 2.18. The van der Waals surface area contributed by atoms with Crippen molar-refractivity contribution in [1.29, 1.82) is 0 Å². The molecule has 124 valence electrons. The summed E-state index contributed by atoms with van der Waals surface area (Å²) in [7, 11) is 0. The lowest BCUT2D eigenvalue weighted by atomic mass is 10.00. The third kappa shape index (κ3) is 3.84. The number of carboxylic acid groups (broad SMARTS) is 1. The van der Waals surface area contributed by atoms with Crippen LogP contribution < -0.4 is 10.1 Å². The number of amides is 1. The lowest BCUT2D eigenvalue weighted by Gasteiger charge is -2.14. The molecule has 0 saturated carbocycles. The second kappa shape index (κ2) is 7.31. The van der Waals surface area contributed by atoms with E-state index in [1.165, 1.54) is 6.07 Å². The summed E-state index contributed by atoms with van der Waals surface area (Å²) in [5.74, 6) is -0.762. The number of anilines is 1. The summed E-state index contributed by atoms with van der Waals surface area (Å²) in [4.78, 5) is 23.8. The summed E-state index contributed by atoms with van der Waals surface area (Å²) in [5, 5.41) is 12.0. The van der Waals surface area contributed by atoms with Gasteiger partial charge in [-0.25, -0.2) is 9.59 Å². The number of ether oxygens (including phenoxy) is 1. The Morgan fingerprint density at radius 2 is 1.44 bits per heavy atom. The van der Waals surface area contributed by atoms with Crippen LogP contribution in [0.25, 0.3) is 11.1 Å². The highest BCUT2D eigenvalue weighted by molar-refractivity contribution is 6.04. The highest BCUT2D eigenvalue weighted by Crippen LogP contribution is 2.31. The van der Waals surface area contributed by atoms with Crippen LogP contribution in [-0.2, 0) is 0 Å². The number of benzene rings is 3. The Kier molecular flexibility index (Phi) is 4.76. The number of carbonyl (C=O) groups excluding carboxylic acids is 1. The first-order chi connectivity index (χ1) is 12.1. The molecule has 0 aromatic heterocycles. The van der Waals surface area contributed by atoms with Gasteiger partial charge >= 0.3 is 12.1 Å². The minimum absolute atomic E-state index is 0.00800. The monoisotopic (exact) mass is 333 g/mol. The summed E-state index contributed by atoms with van der Waals surface area (Å²) >= 11 is 0. The number of carboxylic acids is 1. The van der Waals surface area contributed by atoms with Crippen LogP contribution in [0.15, 0.2) is 78.9 Å². The van der Waals surface area contributed by atoms with Crippen LogP contribution in [0.3, 0.4) is 0 Å². The second-order valence-corrected chi connectivity index (χ2v) is 5.23. The molecule has 25 heavy (non-hydrogen) atoms. The number of nitrogens with one attached hydrogen (secondary N) is 1. The van der Waals surface area contributed by atoms with Gasteiger partial charge in [-0.2, -0.15) is 0 Å². The Balaban J connectivity index is 1.96. The van der Waals surface area contributed by atoms with Crippen LogP contribution in [-0.4, -0.2) is 17.2 Å². The zero-order valence-electron chi connectivity index (χ0n) is 13.2. The highest BCUT2D eigenvalue weighted by atomic mass is 16.6. The maximum absolute atomic E-state index is 12.2. The fraction of sp³-hybridized carbons (Fsp3) is 0. The molecule has 0 aliphatic heterocycles. The van der Waals surface area contributed by atoms with Crippen molar-refractivity contribution >= 4 is 17.7 Å². The molecule has 5 heteroatoms. The summed E-state index contributed by atoms with van der Waals surface area (Å²) in [5.41, 5.74) is 1.58. The summed E-state index contributed by atoms with van der Waals surface area (Å²) in [6.45, 7) is 0. The molecule has 3 aromatic rings. The van der Waals surface area contributed by atoms with Crippen molar-refractivity contribution in [2.24, 2.45) is 0 Å². The Morgan fingerprint density at radius 1 is 0.800 bits per heavy atom. The third-order valence-electron chi connectivity index (χ3n) is 3.56. The van der Waals surface area contributed by atoms with Gasteiger partial charge in [0.1, 0.15) is 5.75 Å². The molecule has 3 rings (SSSR count). The molecule has 5 nitrogen and oxygen atoms in total. The van der Waals surface area contributed by atoms with Gasteiger partial charge in [-0.05, 0) is 23.8 Å². The normalized spacial score (nSPS) is 10.1. The van der Waals surface area contributed by atoms with Gasteiger partial charge in [0.25, 0.3) is 0 Å². The number of para-hydroxylation sites is 2. The van der Waals surface area contributed by atoms with E-state index < -0.39 is 12.1 Å². The standard InChI is InChI=1S/C20H15NO4/c22-19(23)17-13-7-12-16(14-8-3-1-4-9-14)18(17)21-20(24)25-15-10-5-2-6-11-15/h1-13H,(H,21,24)(H,22,23). The molecule has 0 saturated heterocycles. The number of hydrogen-bond acceptors (Lipinski definition) is 3. The molecule has 0 heterocycles. The second-order valence-electron chi connectivity index (χ2n) is 5.23. The van der Waals surface area contributed by atoms with Crippen molar-refractivity contribution < 1.29 is 19.4 Å². The first-order valence-electron chi connectivity index (χ1n) is 7.61. The minimum atomic E-state index is -1.13. The van der Waals surface area contributed by atoms with Crippen LogP contribution in [0.5, 0.6) is 5.75 Å². The number of hydrogen-bond donors (Lipinski definition) is 2. The predicted octanol–water partition coefficient (Wildman–Crippen LogP) is 4.66. The van der Waals surface area contributed by atoms with Gasteiger partial charge in [0.2, 0.25) is 0 Å². The summed E-state index contributed by atoms with van der Waals surface area (Å²) < 4.78 is 5.20. The van der Waals surface area contributed by atoms with Gasteiger partial charge in [-0.3, -0.25) is 5.32 Å². The van der Waals surface area contributed by atoms with E-state index in [4.69, 9.17) is 4.74 Å². The fourth-order valence-corrected chi connectivity index (χ4v) is 2.45. The van der Waals surface area contributed by atoms with Crippen molar-refractivity contribution in [2.45, 2.75) is 0 Å². The Hall–Kier alpha value is -3.60. The van der Waals surface area contributed by atoms with E-state index in [9.17, 15) is 14.7 Å². The zero-order valence-corrected chi connectivity index (χ0v) is 13.2. The largest absolute Gasteiger partial charge is 0.478 e. The van der Waals surface area contributed by atoms with E-state index >= 15 is 0 Å². The topological polar surface area (TPSA) is 75.6 Å². The van der Waals surface area contributed by atoms with Crippen molar-refractivity contribution in [3.8, 4) is 16.9 Å². The minimum Gasteiger partial charge on any atom is -0.478 e. The van der Waals surface area contributed by atoms with E-state index in [-0.39, 0.29) is 11.3 Å². The van der Waals surface area contributed by atoms with Gasteiger partial charge in [-0.1, -0.05) is 60.7 Å². The molecule has 2 N–H and O–H groups in total.